The van der Waals surface area contributed by atoms with Gasteiger partial charge < -0.3 is 24.5 Å². The number of rotatable bonds is 2. The lowest BCUT2D eigenvalue weighted by molar-refractivity contribution is -0.145. The number of carbonyl (C=O) groups excluding carboxylic acids is 1. The van der Waals surface area contributed by atoms with Crippen LogP contribution < -0.4 is 5.43 Å². The highest BCUT2D eigenvalue weighted by Gasteiger charge is 2.39. The smallest absolute Gasteiger partial charge is 0.316 e. The molecule has 0 saturated carbocycles. The lowest BCUT2D eigenvalue weighted by Crippen LogP contribution is -2.36. The highest BCUT2D eigenvalue weighted by Crippen LogP contribution is 2.35. The number of ether oxygens (including phenoxy) is 1. The summed E-state index contributed by atoms with van der Waals surface area (Å²) in [5.74, 6) is -1.91. The fourth-order valence-electron chi connectivity index (χ4n) is 3.05. The van der Waals surface area contributed by atoms with Gasteiger partial charge in [-0.05, 0) is 24.1 Å². The Balaban J connectivity index is 2.33. The zero-order valence-corrected chi connectivity index (χ0v) is 12.4. The third-order valence-electron chi connectivity index (χ3n) is 4.15. The molecule has 23 heavy (non-hydrogen) atoms. The lowest BCUT2D eigenvalue weighted by atomic mass is 9.83. The number of aliphatic hydroxyl groups is 2. The van der Waals surface area contributed by atoms with E-state index in [1.807, 2.05) is 0 Å². The highest BCUT2D eigenvalue weighted by molar-refractivity contribution is 5.87. The van der Waals surface area contributed by atoms with E-state index in [0.29, 0.717) is 12.0 Å². The molecule has 1 aliphatic rings. The molecule has 2 atom stereocenters. The van der Waals surface area contributed by atoms with Gasteiger partial charge in [-0.3, -0.25) is 9.59 Å². The van der Waals surface area contributed by atoms with Crippen LogP contribution in [0.4, 0.5) is 0 Å². The molecule has 0 amide bonds. The number of phenols is 1. The van der Waals surface area contributed by atoms with Gasteiger partial charge in [-0.15, -0.1) is 0 Å². The summed E-state index contributed by atoms with van der Waals surface area (Å²) >= 11 is 0. The van der Waals surface area contributed by atoms with Crippen LogP contribution in [0.1, 0.15) is 29.2 Å². The van der Waals surface area contributed by atoms with Crippen molar-refractivity contribution in [1.29, 1.82) is 0 Å². The quantitative estimate of drug-likeness (QED) is 0.692. The van der Waals surface area contributed by atoms with E-state index in [2.05, 4.69) is 4.74 Å². The Kier molecular flexibility index (Phi) is 3.83. The minimum absolute atomic E-state index is 0.0233. The first kappa shape index (κ1) is 15.5. The summed E-state index contributed by atoms with van der Waals surface area (Å²) in [5, 5.41) is 29.3. The van der Waals surface area contributed by atoms with E-state index in [9.17, 15) is 24.9 Å². The molecule has 0 bridgehead atoms. The minimum atomic E-state index is -1.14. The summed E-state index contributed by atoms with van der Waals surface area (Å²) in [6.45, 7) is -0.312. The first-order valence-corrected chi connectivity index (χ1v) is 7.16. The normalized spacial score (nSPS) is 20.3. The number of aromatic hydroxyl groups is 1. The van der Waals surface area contributed by atoms with Gasteiger partial charge in [0.2, 0.25) is 5.43 Å². The van der Waals surface area contributed by atoms with Crippen LogP contribution in [0.2, 0.25) is 0 Å². The Morgan fingerprint density at radius 2 is 2.17 bits per heavy atom. The van der Waals surface area contributed by atoms with Gasteiger partial charge in [0.25, 0.3) is 0 Å². The van der Waals surface area contributed by atoms with Gasteiger partial charge in [-0.2, -0.15) is 0 Å². The van der Waals surface area contributed by atoms with Gasteiger partial charge >= 0.3 is 5.97 Å². The number of benzene rings is 1. The zero-order valence-electron chi connectivity index (χ0n) is 12.4. The largest absolute Gasteiger partial charge is 0.507 e. The van der Waals surface area contributed by atoms with Crippen molar-refractivity contribution in [3.8, 4) is 5.75 Å². The fraction of sp³-hybridized carbons (Fsp3) is 0.375. The van der Waals surface area contributed by atoms with Crippen molar-refractivity contribution in [3.63, 3.8) is 0 Å². The predicted molar refractivity (Wildman–Crippen MR) is 79.2 cm³/mol. The van der Waals surface area contributed by atoms with Gasteiger partial charge in [0, 0.05) is 6.42 Å². The molecule has 2 aromatic rings. The summed E-state index contributed by atoms with van der Waals surface area (Å²) in [4.78, 5) is 24.7. The SMILES string of the molecule is COC(=O)[C@H]1c2c(oc3cc(CO)cc(O)c3c2=O)CC[C@H]1O. The molecule has 1 aromatic carbocycles. The fourth-order valence-corrected chi connectivity index (χ4v) is 3.05. The van der Waals surface area contributed by atoms with E-state index in [4.69, 9.17) is 4.42 Å². The van der Waals surface area contributed by atoms with E-state index in [1.165, 1.54) is 19.2 Å². The maximum absolute atomic E-state index is 12.8. The molecule has 0 radical (unpaired) electrons. The maximum atomic E-state index is 12.8. The highest BCUT2D eigenvalue weighted by atomic mass is 16.5. The first-order chi connectivity index (χ1) is 11.0. The van der Waals surface area contributed by atoms with Crippen molar-refractivity contribution in [3.05, 3.63) is 39.2 Å². The summed E-state index contributed by atoms with van der Waals surface area (Å²) in [7, 11) is 1.18. The maximum Gasteiger partial charge on any atom is 0.316 e. The van der Waals surface area contributed by atoms with Crippen molar-refractivity contribution >= 4 is 16.9 Å². The number of hydrogen-bond acceptors (Lipinski definition) is 7. The standard InChI is InChI=1S/C16H16O7/c1-22-16(21)13-8(18)2-3-10-14(13)15(20)12-9(19)4-7(6-17)5-11(12)23-10/h4-5,8,13,17-19H,2-3,6H2,1H3/t8-,13-/m1/s1. The Morgan fingerprint density at radius 1 is 1.43 bits per heavy atom. The van der Waals surface area contributed by atoms with Gasteiger partial charge in [0.1, 0.15) is 28.4 Å². The van der Waals surface area contributed by atoms with Crippen LogP contribution in [0.5, 0.6) is 5.75 Å². The second-order valence-corrected chi connectivity index (χ2v) is 5.52. The Bertz CT molecular complexity index is 836. The second-order valence-electron chi connectivity index (χ2n) is 5.52. The van der Waals surface area contributed by atoms with Crippen molar-refractivity contribution in [1.82, 2.24) is 0 Å². The van der Waals surface area contributed by atoms with Crippen molar-refractivity contribution in [2.24, 2.45) is 0 Å². The Hall–Kier alpha value is -2.38. The molecule has 3 N–H and O–H groups in total. The summed E-state index contributed by atoms with van der Waals surface area (Å²) in [6, 6.07) is 2.73. The molecule has 1 heterocycles. The van der Waals surface area contributed by atoms with Gasteiger partial charge in [0.05, 0.1) is 25.4 Å². The van der Waals surface area contributed by atoms with Crippen LogP contribution in [0.15, 0.2) is 21.3 Å². The van der Waals surface area contributed by atoms with Crippen molar-refractivity contribution in [2.75, 3.05) is 7.11 Å². The molecule has 1 aromatic heterocycles. The average molecular weight is 320 g/mol. The molecule has 0 unspecified atom stereocenters. The number of fused-ring (bicyclic) bond motifs is 2. The number of hydrogen-bond donors (Lipinski definition) is 3. The molecule has 0 fully saturated rings. The number of aliphatic hydroxyl groups excluding tert-OH is 2. The molecule has 122 valence electrons. The number of aryl methyl sites for hydroxylation is 1. The van der Waals surface area contributed by atoms with Gasteiger partial charge in [-0.1, -0.05) is 0 Å². The van der Waals surface area contributed by atoms with E-state index in [0.717, 1.165) is 0 Å². The van der Waals surface area contributed by atoms with Gasteiger partial charge in [-0.25, -0.2) is 0 Å². The van der Waals surface area contributed by atoms with Crippen LogP contribution in [-0.2, 0) is 22.6 Å². The summed E-state index contributed by atoms with van der Waals surface area (Å²) in [6.07, 6.45) is -0.499. The van der Waals surface area contributed by atoms with Crippen molar-refractivity contribution < 1.29 is 29.3 Å². The molecule has 3 rings (SSSR count). The first-order valence-electron chi connectivity index (χ1n) is 7.16. The summed E-state index contributed by atoms with van der Waals surface area (Å²) in [5.41, 5.74) is -0.0104. The molecular weight excluding hydrogens is 304 g/mol. The van der Waals surface area contributed by atoms with Crippen LogP contribution in [0.3, 0.4) is 0 Å². The number of phenolic OH excluding ortho intramolecular Hbond substituents is 1. The third kappa shape index (κ3) is 2.38. The van der Waals surface area contributed by atoms with E-state index in [-0.39, 0.29) is 41.1 Å². The third-order valence-corrected chi connectivity index (χ3v) is 4.15. The van der Waals surface area contributed by atoms with Crippen LogP contribution >= 0.6 is 0 Å². The van der Waals surface area contributed by atoms with Crippen LogP contribution in [0.25, 0.3) is 11.0 Å². The van der Waals surface area contributed by atoms with Crippen LogP contribution in [-0.4, -0.2) is 34.5 Å². The molecule has 7 nitrogen and oxygen atoms in total. The molecule has 0 spiro atoms. The number of carbonyl (C=O) groups is 1. The van der Waals surface area contributed by atoms with Gasteiger partial charge in [0.15, 0.2) is 0 Å². The van der Waals surface area contributed by atoms with Crippen LogP contribution in [0, 0.1) is 0 Å². The zero-order chi connectivity index (χ0) is 16.7. The molecular formula is C16H16O7. The lowest BCUT2D eigenvalue weighted by Gasteiger charge is -2.27. The molecule has 0 aliphatic heterocycles. The molecule has 0 saturated heterocycles. The predicted octanol–water partition coefficient (Wildman–Crippen LogP) is 0.555. The second kappa shape index (κ2) is 5.68. The number of esters is 1. The Morgan fingerprint density at radius 3 is 2.83 bits per heavy atom. The molecule has 7 heteroatoms. The topological polar surface area (TPSA) is 117 Å². The minimum Gasteiger partial charge on any atom is -0.507 e. The average Bonchev–Trinajstić information content (AvgIpc) is 2.54. The Labute approximate surface area is 130 Å². The van der Waals surface area contributed by atoms with Crippen molar-refractivity contribution in [2.45, 2.75) is 31.5 Å². The van der Waals surface area contributed by atoms with E-state index >= 15 is 0 Å². The van der Waals surface area contributed by atoms with E-state index in [1.54, 1.807) is 0 Å². The summed E-state index contributed by atoms with van der Waals surface area (Å²) < 4.78 is 10.3. The monoisotopic (exact) mass is 320 g/mol. The number of methoxy groups -OCH3 is 1. The molecule has 1 aliphatic carbocycles. The van der Waals surface area contributed by atoms with E-state index < -0.39 is 23.4 Å².